The van der Waals surface area contributed by atoms with Gasteiger partial charge in [-0.15, -0.1) is 0 Å². The molecule has 1 amide bonds. The fourth-order valence-electron chi connectivity index (χ4n) is 4.35. The summed E-state index contributed by atoms with van der Waals surface area (Å²) in [5, 5.41) is 2.70. The van der Waals surface area contributed by atoms with Crippen molar-refractivity contribution < 1.29 is 18.3 Å². The number of anilines is 3. The lowest BCUT2D eigenvalue weighted by Crippen LogP contribution is -2.23. The van der Waals surface area contributed by atoms with E-state index in [1.807, 2.05) is 4.90 Å². The number of amides is 1. The second-order valence-corrected chi connectivity index (χ2v) is 8.56. The van der Waals surface area contributed by atoms with Gasteiger partial charge in [-0.05, 0) is 19.3 Å². The molecule has 4 heterocycles. The van der Waals surface area contributed by atoms with E-state index in [0.717, 1.165) is 37.4 Å². The van der Waals surface area contributed by atoms with Crippen LogP contribution in [0.3, 0.4) is 0 Å². The van der Waals surface area contributed by atoms with Crippen LogP contribution in [0.1, 0.15) is 56.1 Å². The topological polar surface area (TPSA) is 80.2 Å². The lowest BCUT2D eigenvalue weighted by molar-refractivity contribution is -0.114. The Morgan fingerprint density at radius 1 is 1.33 bits per heavy atom. The molecule has 1 N–H and O–H groups in total. The molecule has 2 fully saturated rings. The first-order valence-electron chi connectivity index (χ1n) is 10.2. The first-order chi connectivity index (χ1) is 14.2. The van der Waals surface area contributed by atoms with E-state index >= 15 is 0 Å². The van der Waals surface area contributed by atoms with Gasteiger partial charge in [-0.3, -0.25) is 4.79 Å². The molecule has 7 nitrogen and oxygen atoms in total. The van der Waals surface area contributed by atoms with E-state index in [1.165, 1.54) is 6.92 Å². The number of ether oxygens (including phenoxy) is 1. The molecule has 5 rings (SSSR count). The SMILES string of the molecule is CC(=O)Nc1cc2c(cn1)C1(CC1)CN2c1cc(C2CCOC2)nc(C(C)(F)F)n1. The highest BCUT2D eigenvalue weighted by Crippen LogP contribution is 2.58. The van der Waals surface area contributed by atoms with Crippen LogP contribution in [-0.2, 0) is 20.9 Å². The number of nitrogens with one attached hydrogen (secondary N) is 1. The van der Waals surface area contributed by atoms with Crippen molar-refractivity contribution in [1.82, 2.24) is 15.0 Å². The van der Waals surface area contributed by atoms with E-state index in [1.54, 1.807) is 18.3 Å². The zero-order valence-electron chi connectivity index (χ0n) is 16.9. The molecule has 0 aromatic carbocycles. The largest absolute Gasteiger partial charge is 0.381 e. The van der Waals surface area contributed by atoms with E-state index in [9.17, 15) is 13.6 Å². The first-order valence-corrected chi connectivity index (χ1v) is 10.2. The Bertz CT molecular complexity index is 1010. The van der Waals surface area contributed by atoms with Gasteiger partial charge in [0.05, 0.1) is 18.0 Å². The van der Waals surface area contributed by atoms with Crippen molar-refractivity contribution in [3.8, 4) is 0 Å². The molecule has 2 aromatic rings. The quantitative estimate of drug-likeness (QED) is 0.822. The van der Waals surface area contributed by atoms with E-state index in [4.69, 9.17) is 4.74 Å². The second kappa shape index (κ2) is 6.66. The molecule has 158 valence electrons. The van der Waals surface area contributed by atoms with Crippen LogP contribution in [0.4, 0.5) is 26.1 Å². The van der Waals surface area contributed by atoms with Gasteiger partial charge in [0.25, 0.3) is 0 Å². The highest BCUT2D eigenvalue weighted by atomic mass is 19.3. The van der Waals surface area contributed by atoms with Crippen molar-refractivity contribution in [2.45, 2.75) is 50.4 Å². The van der Waals surface area contributed by atoms with Crippen LogP contribution < -0.4 is 10.2 Å². The minimum Gasteiger partial charge on any atom is -0.381 e. The summed E-state index contributed by atoms with van der Waals surface area (Å²) in [6.45, 7) is 3.97. The van der Waals surface area contributed by atoms with Crippen LogP contribution in [0.25, 0.3) is 0 Å². The average molecular weight is 415 g/mol. The number of pyridine rings is 1. The molecule has 1 spiro atoms. The number of hydrogen-bond acceptors (Lipinski definition) is 6. The molecule has 30 heavy (non-hydrogen) atoms. The monoisotopic (exact) mass is 415 g/mol. The molecule has 1 atom stereocenters. The Morgan fingerprint density at radius 3 is 2.77 bits per heavy atom. The standard InChI is InChI=1S/C21H23F2N5O2/c1-12(29)25-17-8-16-14(9-24-17)21(4-5-21)11-28(16)18-7-15(13-3-6-30-10-13)26-19(27-18)20(2,22)23/h7-9,13H,3-6,10-11H2,1-2H3,(H,24,25,29). The summed E-state index contributed by atoms with van der Waals surface area (Å²) in [7, 11) is 0. The second-order valence-electron chi connectivity index (χ2n) is 8.56. The summed E-state index contributed by atoms with van der Waals surface area (Å²) in [5.41, 5.74) is 2.49. The Balaban J connectivity index is 1.60. The summed E-state index contributed by atoms with van der Waals surface area (Å²) in [4.78, 5) is 26.2. The lowest BCUT2D eigenvalue weighted by Gasteiger charge is -2.22. The maximum atomic E-state index is 14.2. The maximum absolute atomic E-state index is 14.2. The van der Waals surface area contributed by atoms with Gasteiger partial charge in [-0.25, -0.2) is 15.0 Å². The zero-order valence-corrected chi connectivity index (χ0v) is 16.9. The molecule has 0 radical (unpaired) electrons. The van der Waals surface area contributed by atoms with Crippen molar-refractivity contribution in [3.63, 3.8) is 0 Å². The molecule has 1 aliphatic carbocycles. The number of fused-ring (bicyclic) bond motifs is 2. The Labute approximate surface area is 172 Å². The summed E-state index contributed by atoms with van der Waals surface area (Å²) >= 11 is 0. The van der Waals surface area contributed by atoms with Gasteiger partial charge in [0.2, 0.25) is 11.7 Å². The van der Waals surface area contributed by atoms with E-state index < -0.39 is 11.7 Å². The highest BCUT2D eigenvalue weighted by Gasteiger charge is 2.53. The van der Waals surface area contributed by atoms with E-state index in [2.05, 4.69) is 20.3 Å². The number of rotatable bonds is 4. The minimum absolute atomic E-state index is 0.0165. The number of aromatic nitrogens is 3. The lowest BCUT2D eigenvalue weighted by atomic mass is 10.0. The van der Waals surface area contributed by atoms with Crippen LogP contribution >= 0.6 is 0 Å². The third kappa shape index (κ3) is 3.30. The Hall–Kier alpha value is -2.68. The normalized spacial score (nSPS) is 21.7. The number of alkyl halides is 2. The maximum Gasteiger partial charge on any atom is 0.303 e. The summed E-state index contributed by atoms with van der Waals surface area (Å²) in [5.74, 6) is -2.97. The van der Waals surface area contributed by atoms with Gasteiger partial charge in [0.1, 0.15) is 11.6 Å². The Morgan fingerprint density at radius 2 is 2.13 bits per heavy atom. The molecular weight excluding hydrogens is 392 g/mol. The molecular formula is C21H23F2N5O2. The van der Waals surface area contributed by atoms with Crippen LogP contribution in [0.15, 0.2) is 18.3 Å². The van der Waals surface area contributed by atoms with Gasteiger partial charge < -0.3 is 15.0 Å². The molecule has 1 unspecified atom stereocenters. The van der Waals surface area contributed by atoms with Gasteiger partial charge in [-0.1, -0.05) is 0 Å². The molecule has 1 saturated carbocycles. The molecule has 3 aliphatic rings. The smallest absolute Gasteiger partial charge is 0.303 e. The molecule has 2 aliphatic heterocycles. The number of carbonyl (C=O) groups is 1. The number of nitrogens with zero attached hydrogens (tertiary/aromatic N) is 4. The van der Waals surface area contributed by atoms with Gasteiger partial charge in [-0.2, -0.15) is 8.78 Å². The molecule has 2 aromatic heterocycles. The predicted molar refractivity (Wildman–Crippen MR) is 106 cm³/mol. The third-order valence-corrected chi connectivity index (χ3v) is 6.11. The fourth-order valence-corrected chi connectivity index (χ4v) is 4.35. The molecule has 0 bridgehead atoms. The van der Waals surface area contributed by atoms with Crippen molar-refractivity contribution in [2.75, 3.05) is 30.0 Å². The molecule has 9 heteroatoms. The van der Waals surface area contributed by atoms with E-state index in [0.29, 0.717) is 37.1 Å². The van der Waals surface area contributed by atoms with Crippen LogP contribution in [0.5, 0.6) is 0 Å². The minimum atomic E-state index is -3.15. The van der Waals surface area contributed by atoms with Gasteiger partial charge in [0, 0.05) is 62.2 Å². The Kier molecular flexibility index (Phi) is 4.29. The summed E-state index contributed by atoms with van der Waals surface area (Å²) in [6.07, 6.45) is 4.57. The van der Waals surface area contributed by atoms with Gasteiger partial charge >= 0.3 is 5.92 Å². The number of hydrogen-bond donors (Lipinski definition) is 1. The zero-order chi connectivity index (χ0) is 21.1. The van der Waals surface area contributed by atoms with Crippen LogP contribution in [-0.4, -0.2) is 40.6 Å². The molecule has 1 saturated heterocycles. The third-order valence-electron chi connectivity index (χ3n) is 6.11. The number of halogens is 2. The number of carbonyl (C=O) groups excluding carboxylic acids is 1. The van der Waals surface area contributed by atoms with E-state index in [-0.39, 0.29) is 17.2 Å². The van der Waals surface area contributed by atoms with Crippen LogP contribution in [0, 0.1) is 0 Å². The first kappa shape index (κ1) is 19.3. The van der Waals surface area contributed by atoms with Crippen molar-refractivity contribution in [3.05, 3.63) is 35.4 Å². The van der Waals surface area contributed by atoms with Crippen molar-refractivity contribution >= 4 is 23.2 Å². The summed E-state index contributed by atoms with van der Waals surface area (Å²) < 4.78 is 33.9. The van der Waals surface area contributed by atoms with Gasteiger partial charge in [0.15, 0.2) is 0 Å². The van der Waals surface area contributed by atoms with Crippen molar-refractivity contribution in [1.29, 1.82) is 0 Å². The predicted octanol–water partition coefficient (Wildman–Crippen LogP) is 3.63. The van der Waals surface area contributed by atoms with Crippen molar-refractivity contribution in [2.24, 2.45) is 0 Å². The average Bonchev–Trinajstić information content (AvgIpc) is 3.11. The fraction of sp³-hybridized carbons (Fsp3) is 0.524. The highest BCUT2D eigenvalue weighted by molar-refractivity contribution is 5.89. The summed E-state index contributed by atoms with van der Waals surface area (Å²) in [6, 6.07) is 3.60. The van der Waals surface area contributed by atoms with Crippen LogP contribution in [0.2, 0.25) is 0 Å².